The number of pyridine rings is 1. The standard InChI is InChI=1S/C12H9FN4/c13-9-5-4-8(7-10(9)14)12-16-15-11-3-1-2-6-17(11)12/h1-7H,14H2. The summed E-state index contributed by atoms with van der Waals surface area (Å²) in [6, 6.07) is 10.1. The van der Waals surface area contributed by atoms with Crippen LogP contribution in [0, 0.1) is 5.82 Å². The van der Waals surface area contributed by atoms with Gasteiger partial charge in [-0.05, 0) is 30.3 Å². The Morgan fingerprint density at radius 2 is 2.00 bits per heavy atom. The van der Waals surface area contributed by atoms with Gasteiger partial charge in [0.2, 0.25) is 0 Å². The van der Waals surface area contributed by atoms with Gasteiger partial charge in [-0.3, -0.25) is 4.40 Å². The summed E-state index contributed by atoms with van der Waals surface area (Å²) in [6.45, 7) is 0. The van der Waals surface area contributed by atoms with Crippen LogP contribution in [-0.2, 0) is 0 Å². The maximum absolute atomic E-state index is 13.1. The summed E-state index contributed by atoms with van der Waals surface area (Å²) < 4.78 is 14.9. The first kappa shape index (κ1) is 9.77. The second kappa shape index (κ2) is 3.55. The van der Waals surface area contributed by atoms with Crippen LogP contribution in [0.2, 0.25) is 0 Å². The second-order valence-electron chi connectivity index (χ2n) is 3.69. The summed E-state index contributed by atoms with van der Waals surface area (Å²) in [4.78, 5) is 0. The topological polar surface area (TPSA) is 56.2 Å². The number of fused-ring (bicyclic) bond motifs is 1. The monoisotopic (exact) mass is 228 g/mol. The molecule has 3 rings (SSSR count). The Morgan fingerprint density at radius 1 is 1.12 bits per heavy atom. The minimum absolute atomic E-state index is 0.107. The maximum Gasteiger partial charge on any atom is 0.168 e. The van der Waals surface area contributed by atoms with E-state index in [9.17, 15) is 4.39 Å². The number of halogens is 1. The quantitative estimate of drug-likeness (QED) is 0.649. The lowest BCUT2D eigenvalue weighted by atomic mass is 10.2. The van der Waals surface area contributed by atoms with E-state index in [-0.39, 0.29) is 5.69 Å². The van der Waals surface area contributed by atoms with Crippen molar-refractivity contribution in [1.82, 2.24) is 14.6 Å². The van der Waals surface area contributed by atoms with Gasteiger partial charge in [-0.15, -0.1) is 10.2 Å². The molecule has 3 aromatic rings. The molecule has 2 heterocycles. The molecular formula is C12H9FN4. The molecule has 0 saturated heterocycles. The highest BCUT2D eigenvalue weighted by Crippen LogP contribution is 2.22. The minimum Gasteiger partial charge on any atom is -0.396 e. The van der Waals surface area contributed by atoms with Crippen LogP contribution < -0.4 is 5.73 Å². The normalized spacial score (nSPS) is 10.9. The first-order valence-electron chi connectivity index (χ1n) is 5.11. The van der Waals surface area contributed by atoms with Crippen LogP contribution in [0.1, 0.15) is 0 Å². The second-order valence-corrected chi connectivity index (χ2v) is 3.69. The fourth-order valence-electron chi connectivity index (χ4n) is 1.72. The lowest BCUT2D eigenvalue weighted by Crippen LogP contribution is -1.93. The SMILES string of the molecule is Nc1cc(-c2nnc3ccccn23)ccc1F. The zero-order valence-corrected chi connectivity index (χ0v) is 8.84. The third-order valence-corrected chi connectivity index (χ3v) is 2.57. The summed E-state index contributed by atoms with van der Waals surface area (Å²) in [5.74, 6) is 0.217. The number of nitrogens with zero attached hydrogens (tertiary/aromatic N) is 3. The number of hydrogen-bond acceptors (Lipinski definition) is 3. The number of rotatable bonds is 1. The van der Waals surface area contributed by atoms with Crippen molar-refractivity contribution in [1.29, 1.82) is 0 Å². The molecule has 2 aromatic heterocycles. The Balaban J connectivity index is 2.24. The molecule has 0 atom stereocenters. The van der Waals surface area contributed by atoms with E-state index in [2.05, 4.69) is 10.2 Å². The van der Waals surface area contributed by atoms with Crippen LogP contribution in [-0.4, -0.2) is 14.6 Å². The molecule has 0 saturated carbocycles. The number of anilines is 1. The van der Waals surface area contributed by atoms with Crippen LogP contribution in [0.15, 0.2) is 42.6 Å². The fourth-order valence-corrected chi connectivity index (χ4v) is 1.72. The lowest BCUT2D eigenvalue weighted by molar-refractivity contribution is 0.632. The lowest BCUT2D eigenvalue weighted by Gasteiger charge is -2.01. The van der Waals surface area contributed by atoms with E-state index in [0.29, 0.717) is 5.82 Å². The third kappa shape index (κ3) is 1.52. The van der Waals surface area contributed by atoms with Crippen molar-refractivity contribution in [2.45, 2.75) is 0 Å². The predicted octanol–water partition coefficient (Wildman–Crippen LogP) is 2.12. The highest BCUT2D eigenvalue weighted by molar-refractivity contribution is 5.64. The van der Waals surface area contributed by atoms with Gasteiger partial charge in [0.25, 0.3) is 0 Å². The Morgan fingerprint density at radius 3 is 2.82 bits per heavy atom. The summed E-state index contributed by atoms with van der Waals surface area (Å²) in [5, 5.41) is 8.10. The van der Waals surface area contributed by atoms with Crippen LogP contribution in [0.5, 0.6) is 0 Å². The Labute approximate surface area is 96.5 Å². The van der Waals surface area contributed by atoms with E-state index in [0.717, 1.165) is 11.2 Å². The van der Waals surface area contributed by atoms with Gasteiger partial charge in [0.1, 0.15) is 5.82 Å². The van der Waals surface area contributed by atoms with Gasteiger partial charge in [0, 0.05) is 11.8 Å². The van der Waals surface area contributed by atoms with Crippen molar-refractivity contribution < 1.29 is 4.39 Å². The summed E-state index contributed by atoms with van der Waals surface area (Å²) in [5.41, 5.74) is 7.12. The van der Waals surface area contributed by atoms with Crippen molar-refractivity contribution in [2.24, 2.45) is 0 Å². The third-order valence-electron chi connectivity index (χ3n) is 2.57. The minimum atomic E-state index is -0.428. The van der Waals surface area contributed by atoms with Gasteiger partial charge in [-0.2, -0.15) is 0 Å². The van der Waals surface area contributed by atoms with Crippen molar-refractivity contribution in [2.75, 3.05) is 5.73 Å². The molecule has 4 nitrogen and oxygen atoms in total. The van der Waals surface area contributed by atoms with Gasteiger partial charge in [0.05, 0.1) is 5.69 Å². The number of nitrogens with two attached hydrogens (primary N) is 1. The van der Waals surface area contributed by atoms with Gasteiger partial charge in [0.15, 0.2) is 11.5 Å². The molecule has 5 heteroatoms. The van der Waals surface area contributed by atoms with E-state index in [4.69, 9.17) is 5.73 Å². The Hall–Kier alpha value is -2.43. The highest BCUT2D eigenvalue weighted by Gasteiger charge is 2.08. The summed E-state index contributed by atoms with van der Waals surface area (Å²) in [6.07, 6.45) is 1.85. The maximum atomic E-state index is 13.1. The molecule has 0 aliphatic carbocycles. The van der Waals surface area contributed by atoms with E-state index >= 15 is 0 Å². The van der Waals surface area contributed by atoms with Crippen LogP contribution in [0.25, 0.3) is 17.0 Å². The molecule has 17 heavy (non-hydrogen) atoms. The Bertz CT molecular complexity index is 690. The van der Waals surface area contributed by atoms with E-state index in [1.54, 1.807) is 12.1 Å². The smallest absolute Gasteiger partial charge is 0.168 e. The van der Waals surface area contributed by atoms with Crippen molar-refractivity contribution in [3.63, 3.8) is 0 Å². The predicted molar refractivity (Wildman–Crippen MR) is 62.8 cm³/mol. The molecule has 0 unspecified atom stereocenters. The molecule has 0 fully saturated rings. The van der Waals surface area contributed by atoms with E-state index in [1.807, 2.05) is 28.8 Å². The zero-order chi connectivity index (χ0) is 11.8. The molecule has 0 spiro atoms. The first-order valence-corrected chi connectivity index (χ1v) is 5.11. The summed E-state index contributed by atoms with van der Waals surface area (Å²) in [7, 11) is 0. The van der Waals surface area contributed by atoms with Gasteiger partial charge in [-0.25, -0.2) is 4.39 Å². The average molecular weight is 228 g/mol. The molecule has 0 aliphatic heterocycles. The molecule has 0 aliphatic rings. The Kier molecular flexibility index (Phi) is 2.04. The number of hydrogen-bond donors (Lipinski definition) is 1. The molecule has 1 aromatic carbocycles. The summed E-state index contributed by atoms with van der Waals surface area (Å²) >= 11 is 0. The molecule has 0 amide bonds. The van der Waals surface area contributed by atoms with Crippen molar-refractivity contribution in [3.8, 4) is 11.4 Å². The molecule has 0 bridgehead atoms. The van der Waals surface area contributed by atoms with Gasteiger partial charge >= 0.3 is 0 Å². The van der Waals surface area contributed by atoms with E-state index < -0.39 is 5.82 Å². The van der Waals surface area contributed by atoms with Gasteiger partial charge in [-0.1, -0.05) is 6.07 Å². The van der Waals surface area contributed by atoms with Crippen LogP contribution in [0.3, 0.4) is 0 Å². The zero-order valence-electron chi connectivity index (χ0n) is 8.84. The molecule has 2 N–H and O–H groups in total. The average Bonchev–Trinajstić information content (AvgIpc) is 2.76. The highest BCUT2D eigenvalue weighted by atomic mass is 19.1. The molecule has 84 valence electrons. The first-order chi connectivity index (χ1) is 8.25. The number of benzene rings is 1. The number of nitrogen functional groups attached to an aromatic ring is 1. The van der Waals surface area contributed by atoms with Crippen LogP contribution in [0.4, 0.5) is 10.1 Å². The molecular weight excluding hydrogens is 219 g/mol. The fraction of sp³-hybridized carbons (Fsp3) is 0. The largest absolute Gasteiger partial charge is 0.396 e. The van der Waals surface area contributed by atoms with E-state index in [1.165, 1.54) is 6.07 Å². The van der Waals surface area contributed by atoms with Gasteiger partial charge < -0.3 is 5.73 Å². The molecule has 0 radical (unpaired) electrons. The van der Waals surface area contributed by atoms with Crippen LogP contribution >= 0.6 is 0 Å². The van der Waals surface area contributed by atoms with Crippen molar-refractivity contribution in [3.05, 3.63) is 48.4 Å². The van der Waals surface area contributed by atoms with Crippen molar-refractivity contribution >= 4 is 11.3 Å². The number of aromatic nitrogens is 3.